The van der Waals surface area contributed by atoms with Crippen molar-refractivity contribution in [3.63, 3.8) is 0 Å². The maximum Gasteiger partial charge on any atom is 0.326 e. The van der Waals surface area contributed by atoms with Gasteiger partial charge in [0.05, 0.1) is 0 Å². The monoisotopic (exact) mass is 288 g/mol. The number of rotatable bonds is 3. The molecular formula is C14H16N4O3. The maximum absolute atomic E-state index is 12.6. The maximum atomic E-state index is 12.6. The highest BCUT2D eigenvalue weighted by Gasteiger charge is 2.33. The molecule has 3 heterocycles. The van der Waals surface area contributed by atoms with E-state index in [0.29, 0.717) is 30.7 Å². The van der Waals surface area contributed by atoms with E-state index in [0.717, 1.165) is 6.42 Å². The van der Waals surface area contributed by atoms with Crippen molar-refractivity contribution in [3.8, 4) is 0 Å². The summed E-state index contributed by atoms with van der Waals surface area (Å²) >= 11 is 0. The van der Waals surface area contributed by atoms with E-state index in [-0.39, 0.29) is 11.4 Å². The molecule has 1 atom stereocenters. The van der Waals surface area contributed by atoms with Gasteiger partial charge in [-0.3, -0.25) is 9.36 Å². The molecule has 0 aromatic carbocycles. The third kappa shape index (κ3) is 2.14. The largest absolute Gasteiger partial charge is 0.480 e. The van der Waals surface area contributed by atoms with E-state index in [2.05, 4.69) is 9.97 Å². The Balaban J connectivity index is 2.21. The average Bonchev–Trinajstić information content (AvgIpc) is 2.96. The first-order valence-corrected chi connectivity index (χ1v) is 6.98. The molecule has 1 N–H and O–H groups in total. The van der Waals surface area contributed by atoms with Gasteiger partial charge in [-0.25, -0.2) is 14.8 Å². The van der Waals surface area contributed by atoms with Gasteiger partial charge in [-0.2, -0.15) is 0 Å². The summed E-state index contributed by atoms with van der Waals surface area (Å²) < 4.78 is 1.54. The van der Waals surface area contributed by atoms with Crippen LogP contribution >= 0.6 is 0 Å². The zero-order valence-corrected chi connectivity index (χ0v) is 11.7. The fraction of sp³-hybridized carbons (Fsp3) is 0.429. The van der Waals surface area contributed by atoms with Crippen LogP contribution in [0.25, 0.3) is 11.2 Å². The Labute approximate surface area is 120 Å². The van der Waals surface area contributed by atoms with Crippen molar-refractivity contribution in [1.29, 1.82) is 0 Å². The second-order valence-corrected chi connectivity index (χ2v) is 5.02. The molecule has 0 saturated carbocycles. The molecule has 2 aromatic heterocycles. The van der Waals surface area contributed by atoms with Crippen LogP contribution in [0.2, 0.25) is 0 Å². The normalized spacial score (nSPS) is 18.3. The molecule has 0 spiro atoms. The van der Waals surface area contributed by atoms with Crippen molar-refractivity contribution in [1.82, 2.24) is 14.5 Å². The fourth-order valence-corrected chi connectivity index (χ4v) is 2.82. The average molecular weight is 288 g/mol. The molecule has 1 aliphatic rings. The Hall–Kier alpha value is -2.44. The number of aryl methyl sites for hydroxylation is 1. The first kappa shape index (κ1) is 13.5. The molecule has 0 radical (unpaired) electrons. The Morgan fingerprint density at radius 1 is 1.52 bits per heavy atom. The van der Waals surface area contributed by atoms with E-state index in [1.165, 1.54) is 4.57 Å². The first-order chi connectivity index (χ1) is 10.1. The van der Waals surface area contributed by atoms with Crippen LogP contribution in [-0.2, 0) is 11.3 Å². The second kappa shape index (κ2) is 5.16. The third-order valence-electron chi connectivity index (χ3n) is 3.81. The molecular weight excluding hydrogens is 272 g/mol. The number of carbonyl (C=O) groups is 1. The summed E-state index contributed by atoms with van der Waals surface area (Å²) in [5, 5.41) is 9.29. The number of carboxylic acid groups (broad SMARTS) is 1. The number of hydrogen-bond acceptors (Lipinski definition) is 5. The van der Waals surface area contributed by atoms with E-state index in [1.54, 1.807) is 23.2 Å². The predicted octanol–water partition coefficient (Wildman–Crippen LogP) is 0.865. The van der Waals surface area contributed by atoms with Crippen molar-refractivity contribution >= 4 is 23.0 Å². The number of pyridine rings is 1. The van der Waals surface area contributed by atoms with Crippen molar-refractivity contribution in [2.24, 2.45) is 0 Å². The molecule has 110 valence electrons. The lowest BCUT2D eigenvalue weighted by molar-refractivity contribution is -0.138. The molecule has 0 amide bonds. The zero-order valence-electron chi connectivity index (χ0n) is 11.7. The lowest BCUT2D eigenvalue weighted by Gasteiger charge is -2.22. The van der Waals surface area contributed by atoms with Crippen molar-refractivity contribution in [2.45, 2.75) is 32.4 Å². The molecule has 0 bridgehead atoms. The van der Waals surface area contributed by atoms with Crippen molar-refractivity contribution in [3.05, 3.63) is 28.7 Å². The van der Waals surface area contributed by atoms with Gasteiger partial charge in [-0.15, -0.1) is 0 Å². The number of nitrogens with zero attached hydrogens (tertiary/aromatic N) is 4. The van der Waals surface area contributed by atoms with Crippen LogP contribution in [0, 0.1) is 0 Å². The van der Waals surface area contributed by atoms with E-state index in [9.17, 15) is 14.7 Å². The molecule has 7 heteroatoms. The Bertz CT molecular complexity index is 755. The summed E-state index contributed by atoms with van der Waals surface area (Å²) in [5.74, 6) is -0.703. The Morgan fingerprint density at radius 3 is 3.05 bits per heavy atom. The van der Waals surface area contributed by atoms with Crippen molar-refractivity contribution in [2.75, 3.05) is 11.4 Å². The van der Waals surface area contributed by atoms with Gasteiger partial charge in [0.2, 0.25) is 0 Å². The molecule has 1 fully saturated rings. The SMILES string of the molecule is CCn1c(=O)c(N2CCC[C@H]2C(=O)O)nc2cccnc21. The second-order valence-electron chi connectivity index (χ2n) is 5.02. The fourth-order valence-electron chi connectivity index (χ4n) is 2.82. The van der Waals surface area contributed by atoms with Gasteiger partial charge in [0, 0.05) is 19.3 Å². The Morgan fingerprint density at radius 2 is 2.33 bits per heavy atom. The number of carboxylic acids is 1. The molecule has 0 unspecified atom stereocenters. The number of fused-ring (bicyclic) bond motifs is 1. The highest BCUT2D eigenvalue weighted by Crippen LogP contribution is 2.23. The van der Waals surface area contributed by atoms with Crippen LogP contribution in [0.15, 0.2) is 23.1 Å². The van der Waals surface area contributed by atoms with E-state index in [1.807, 2.05) is 6.92 Å². The predicted molar refractivity (Wildman–Crippen MR) is 77.5 cm³/mol. The summed E-state index contributed by atoms with van der Waals surface area (Å²) in [4.78, 5) is 34.1. The summed E-state index contributed by atoms with van der Waals surface area (Å²) in [6.07, 6.45) is 2.90. The van der Waals surface area contributed by atoms with Crippen LogP contribution in [0.3, 0.4) is 0 Å². The molecule has 21 heavy (non-hydrogen) atoms. The molecule has 0 aliphatic carbocycles. The standard InChI is InChI=1S/C14H16N4O3/c1-2-17-11-9(5-3-7-15-11)16-12(13(17)19)18-8-4-6-10(18)14(20)21/h3,5,7,10H,2,4,6,8H2,1H3,(H,20,21)/t10-/m0/s1. The number of anilines is 1. The van der Waals surface area contributed by atoms with Crippen LogP contribution in [-0.4, -0.2) is 38.2 Å². The van der Waals surface area contributed by atoms with Gasteiger partial charge in [-0.1, -0.05) is 0 Å². The Kier molecular flexibility index (Phi) is 3.32. The summed E-state index contributed by atoms with van der Waals surface area (Å²) in [7, 11) is 0. The number of hydrogen-bond donors (Lipinski definition) is 1. The van der Waals surface area contributed by atoms with E-state index < -0.39 is 12.0 Å². The lowest BCUT2D eigenvalue weighted by atomic mass is 10.2. The molecule has 1 aliphatic heterocycles. The highest BCUT2D eigenvalue weighted by atomic mass is 16.4. The number of aliphatic carboxylic acids is 1. The third-order valence-corrected chi connectivity index (χ3v) is 3.81. The number of aromatic nitrogens is 3. The van der Waals surface area contributed by atoms with Crippen LogP contribution in [0.5, 0.6) is 0 Å². The summed E-state index contributed by atoms with van der Waals surface area (Å²) in [6.45, 7) is 2.86. The minimum atomic E-state index is -0.914. The topological polar surface area (TPSA) is 88.3 Å². The van der Waals surface area contributed by atoms with Crippen LogP contribution < -0.4 is 10.5 Å². The van der Waals surface area contributed by atoms with E-state index >= 15 is 0 Å². The highest BCUT2D eigenvalue weighted by molar-refractivity contribution is 5.79. The van der Waals surface area contributed by atoms with Gasteiger partial charge >= 0.3 is 5.97 Å². The van der Waals surface area contributed by atoms with E-state index in [4.69, 9.17) is 0 Å². The van der Waals surface area contributed by atoms with Crippen LogP contribution in [0.4, 0.5) is 5.82 Å². The van der Waals surface area contributed by atoms with Crippen molar-refractivity contribution < 1.29 is 9.90 Å². The van der Waals surface area contributed by atoms with Gasteiger partial charge in [0.25, 0.3) is 5.56 Å². The van der Waals surface area contributed by atoms with Gasteiger partial charge in [-0.05, 0) is 31.9 Å². The first-order valence-electron chi connectivity index (χ1n) is 6.98. The molecule has 7 nitrogen and oxygen atoms in total. The van der Waals surface area contributed by atoms with Crippen LogP contribution in [0.1, 0.15) is 19.8 Å². The quantitative estimate of drug-likeness (QED) is 0.901. The lowest BCUT2D eigenvalue weighted by Crippen LogP contribution is -2.41. The summed E-state index contributed by atoms with van der Waals surface area (Å²) in [6, 6.07) is 2.86. The summed E-state index contributed by atoms with van der Waals surface area (Å²) in [5.41, 5.74) is 0.849. The smallest absolute Gasteiger partial charge is 0.326 e. The molecule has 1 saturated heterocycles. The zero-order chi connectivity index (χ0) is 15.0. The minimum absolute atomic E-state index is 0.210. The van der Waals surface area contributed by atoms with Gasteiger partial charge in [0.1, 0.15) is 11.6 Å². The van der Waals surface area contributed by atoms with Gasteiger partial charge in [0.15, 0.2) is 11.5 Å². The minimum Gasteiger partial charge on any atom is -0.480 e. The van der Waals surface area contributed by atoms with Gasteiger partial charge < -0.3 is 10.0 Å². The molecule has 3 rings (SSSR count). The molecule has 2 aromatic rings.